The molecule has 0 bridgehead atoms. The third-order valence-corrected chi connectivity index (χ3v) is 6.69. The molecule has 1 aliphatic heterocycles. The number of anilines is 2. The van der Waals surface area contributed by atoms with Crippen molar-refractivity contribution in [1.82, 2.24) is 4.90 Å². The van der Waals surface area contributed by atoms with Crippen LogP contribution in [0.15, 0.2) is 53.1 Å². The van der Waals surface area contributed by atoms with Crippen molar-refractivity contribution >= 4 is 34.2 Å². The highest BCUT2D eigenvalue weighted by atomic mass is 16.3. The molecule has 33 heavy (non-hydrogen) atoms. The molecule has 1 unspecified atom stereocenters. The highest BCUT2D eigenvalue weighted by molar-refractivity contribution is 6.02. The molecule has 2 N–H and O–H groups in total. The Balaban J connectivity index is 1.43. The molecule has 0 spiro atoms. The van der Waals surface area contributed by atoms with Crippen molar-refractivity contribution < 1.29 is 14.0 Å². The van der Waals surface area contributed by atoms with E-state index in [0.717, 1.165) is 36.9 Å². The topological polar surface area (TPSA) is 74.6 Å². The standard InChI is InChI=1S/C27H33N3O3/c1-4-6-18(2)30-13-11-20(12-14-30)25-17-33-26-10-9-23(16-24(25)26)29-27(32)28-22-8-5-7-21(15-22)19(3)31/h5,7-10,15-18,20H,4,6,11-14H2,1-3H3,(H2,28,29,32). The highest BCUT2D eigenvalue weighted by Crippen LogP contribution is 2.36. The van der Waals surface area contributed by atoms with Crippen LogP contribution < -0.4 is 10.6 Å². The van der Waals surface area contributed by atoms with E-state index in [1.54, 1.807) is 24.3 Å². The fraction of sp³-hybridized carbons (Fsp3) is 0.407. The molecular weight excluding hydrogens is 414 g/mol. The summed E-state index contributed by atoms with van der Waals surface area (Å²) in [5.74, 6) is 0.428. The number of furan rings is 1. The van der Waals surface area contributed by atoms with Crippen LogP contribution in [-0.2, 0) is 0 Å². The summed E-state index contributed by atoms with van der Waals surface area (Å²) in [4.78, 5) is 26.7. The Morgan fingerprint density at radius 1 is 1.09 bits per heavy atom. The van der Waals surface area contributed by atoms with Crippen LogP contribution in [0.25, 0.3) is 11.0 Å². The number of nitrogens with zero attached hydrogens (tertiary/aromatic N) is 1. The van der Waals surface area contributed by atoms with Crippen LogP contribution in [0.3, 0.4) is 0 Å². The minimum Gasteiger partial charge on any atom is -0.464 e. The third kappa shape index (κ3) is 5.45. The van der Waals surface area contributed by atoms with Crippen LogP contribution in [-0.4, -0.2) is 35.8 Å². The van der Waals surface area contributed by atoms with Gasteiger partial charge in [0.15, 0.2) is 5.78 Å². The van der Waals surface area contributed by atoms with Crippen molar-refractivity contribution in [3.63, 3.8) is 0 Å². The number of piperidine rings is 1. The minimum absolute atomic E-state index is 0.0392. The summed E-state index contributed by atoms with van der Waals surface area (Å²) in [7, 11) is 0. The summed E-state index contributed by atoms with van der Waals surface area (Å²) in [6.45, 7) is 8.30. The van der Waals surface area contributed by atoms with E-state index in [0.29, 0.717) is 28.9 Å². The number of amides is 2. The largest absolute Gasteiger partial charge is 0.464 e. The van der Waals surface area contributed by atoms with Gasteiger partial charge in [0, 0.05) is 33.9 Å². The molecule has 2 amide bonds. The first-order chi connectivity index (χ1) is 15.9. The molecule has 1 saturated heterocycles. The Bertz CT molecular complexity index is 1130. The van der Waals surface area contributed by atoms with Crippen LogP contribution in [0.2, 0.25) is 0 Å². The fourth-order valence-electron chi connectivity index (χ4n) is 4.80. The van der Waals surface area contributed by atoms with E-state index in [-0.39, 0.29) is 11.8 Å². The maximum Gasteiger partial charge on any atom is 0.323 e. The smallest absolute Gasteiger partial charge is 0.323 e. The SMILES string of the molecule is CCCC(C)N1CCC(c2coc3ccc(NC(=O)Nc4cccc(C(C)=O)c4)cc23)CC1. The summed E-state index contributed by atoms with van der Waals surface area (Å²) in [6, 6.07) is 13.0. The molecule has 3 aromatic rings. The second kappa shape index (κ2) is 10.2. The van der Waals surface area contributed by atoms with Crippen molar-refractivity contribution in [1.29, 1.82) is 0 Å². The number of ketones is 1. The van der Waals surface area contributed by atoms with Crippen LogP contribution in [0.5, 0.6) is 0 Å². The monoisotopic (exact) mass is 447 g/mol. The Kier molecular flexibility index (Phi) is 7.14. The maximum absolute atomic E-state index is 12.5. The normalized spacial score (nSPS) is 16.0. The zero-order valence-corrected chi connectivity index (χ0v) is 19.7. The molecule has 6 heteroatoms. The average Bonchev–Trinajstić information content (AvgIpc) is 3.22. The highest BCUT2D eigenvalue weighted by Gasteiger charge is 2.25. The molecule has 2 heterocycles. The summed E-state index contributed by atoms with van der Waals surface area (Å²) in [5.41, 5.74) is 3.92. The van der Waals surface area contributed by atoms with E-state index >= 15 is 0 Å². The number of benzene rings is 2. The van der Waals surface area contributed by atoms with Crippen molar-refractivity contribution in [2.75, 3.05) is 23.7 Å². The van der Waals surface area contributed by atoms with Gasteiger partial charge in [-0.3, -0.25) is 4.79 Å². The van der Waals surface area contributed by atoms with Crippen molar-refractivity contribution in [3.8, 4) is 0 Å². The van der Waals surface area contributed by atoms with Crippen LogP contribution in [0.4, 0.5) is 16.2 Å². The summed E-state index contributed by atoms with van der Waals surface area (Å²) >= 11 is 0. The van der Waals surface area contributed by atoms with Gasteiger partial charge in [-0.2, -0.15) is 0 Å². The van der Waals surface area contributed by atoms with Gasteiger partial charge in [-0.05, 0) is 82.4 Å². The van der Waals surface area contributed by atoms with Gasteiger partial charge in [0.25, 0.3) is 0 Å². The van der Waals surface area contributed by atoms with Gasteiger partial charge < -0.3 is 20.0 Å². The van der Waals surface area contributed by atoms with Gasteiger partial charge >= 0.3 is 6.03 Å². The number of nitrogens with one attached hydrogen (secondary N) is 2. The van der Waals surface area contributed by atoms with E-state index in [1.165, 1.54) is 25.3 Å². The maximum atomic E-state index is 12.5. The predicted octanol–water partition coefficient (Wildman–Crippen LogP) is 6.65. The number of carbonyl (C=O) groups excluding carboxylic acids is 2. The molecule has 4 rings (SSSR count). The van der Waals surface area contributed by atoms with Gasteiger partial charge in [-0.15, -0.1) is 0 Å². The molecule has 2 aromatic carbocycles. The fourth-order valence-corrected chi connectivity index (χ4v) is 4.80. The summed E-state index contributed by atoms with van der Waals surface area (Å²) in [5, 5.41) is 6.76. The number of fused-ring (bicyclic) bond motifs is 1. The number of hydrogen-bond acceptors (Lipinski definition) is 4. The van der Waals surface area contributed by atoms with E-state index < -0.39 is 0 Å². The first-order valence-electron chi connectivity index (χ1n) is 11.9. The molecule has 0 saturated carbocycles. The molecule has 1 fully saturated rings. The number of likely N-dealkylation sites (tertiary alicyclic amines) is 1. The molecule has 0 aliphatic carbocycles. The van der Waals surface area contributed by atoms with Crippen molar-refractivity contribution in [3.05, 3.63) is 59.9 Å². The Morgan fingerprint density at radius 2 is 1.82 bits per heavy atom. The summed E-state index contributed by atoms with van der Waals surface area (Å²) < 4.78 is 5.83. The molecule has 0 radical (unpaired) electrons. The van der Waals surface area contributed by atoms with Gasteiger partial charge in [-0.1, -0.05) is 25.5 Å². The molecule has 174 valence electrons. The van der Waals surface area contributed by atoms with E-state index in [2.05, 4.69) is 29.4 Å². The zero-order chi connectivity index (χ0) is 23.4. The van der Waals surface area contributed by atoms with E-state index in [4.69, 9.17) is 4.42 Å². The van der Waals surface area contributed by atoms with Crippen molar-refractivity contribution in [2.24, 2.45) is 0 Å². The van der Waals surface area contributed by atoms with Crippen molar-refractivity contribution in [2.45, 2.75) is 58.4 Å². The van der Waals surface area contributed by atoms with E-state index in [1.807, 2.05) is 24.5 Å². The number of carbonyl (C=O) groups is 2. The second-order valence-corrected chi connectivity index (χ2v) is 9.07. The van der Waals surface area contributed by atoms with Crippen LogP contribution in [0.1, 0.15) is 68.3 Å². The third-order valence-electron chi connectivity index (χ3n) is 6.69. The lowest BCUT2D eigenvalue weighted by Gasteiger charge is -2.36. The van der Waals surface area contributed by atoms with Gasteiger partial charge in [0.2, 0.25) is 0 Å². The first-order valence-corrected chi connectivity index (χ1v) is 11.9. The molecule has 1 aliphatic rings. The number of urea groups is 1. The zero-order valence-electron chi connectivity index (χ0n) is 19.7. The molecule has 1 atom stereocenters. The lowest BCUT2D eigenvalue weighted by molar-refractivity contribution is 0.101. The molecule has 6 nitrogen and oxygen atoms in total. The van der Waals surface area contributed by atoms with Crippen LogP contribution in [0, 0.1) is 0 Å². The predicted molar refractivity (Wildman–Crippen MR) is 133 cm³/mol. The average molecular weight is 448 g/mol. The number of hydrogen-bond donors (Lipinski definition) is 2. The number of Topliss-reactive ketones (excluding diaryl/α,β-unsaturated/α-hetero) is 1. The number of rotatable bonds is 7. The minimum atomic E-state index is -0.349. The lowest BCUT2D eigenvalue weighted by Crippen LogP contribution is -2.39. The quantitative estimate of drug-likeness (QED) is 0.398. The Morgan fingerprint density at radius 3 is 2.52 bits per heavy atom. The lowest BCUT2D eigenvalue weighted by atomic mass is 9.88. The molecule has 1 aromatic heterocycles. The van der Waals surface area contributed by atoms with Gasteiger partial charge in [0.05, 0.1) is 6.26 Å². The first kappa shape index (κ1) is 23.1. The molecular formula is C27H33N3O3. The Labute approximate surface area is 195 Å². The Hall–Kier alpha value is -3.12. The van der Waals surface area contributed by atoms with E-state index in [9.17, 15) is 9.59 Å². The van der Waals surface area contributed by atoms with Gasteiger partial charge in [-0.25, -0.2) is 4.79 Å². The second-order valence-electron chi connectivity index (χ2n) is 9.07. The summed E-state index contributed by atoms with van der Waals surface area (Å²) in [6.07, 6.45) is 6.59. The van der Waals surface area contributed by atoms with Gasteiger partial charge in [0.1, 0.15) is 5.58 Å². The van der Waals surface area contributed by atoms with Crippen LogP contribution >= 0.6 is 0 Å².